The van der Waals surface area contributed by atoms with Crippen LogP contribution in [0.3, 0.4) is 0 Å². The molecule has 0 radical (unpaired) electrons. The highest BCUT2D eigenvalue weighted by Crippen LogP contribution is 2.14. The molecule has 58 valence electrons. The fraction of sp³-hybridized carbons (Fsp3) is 0.833. The van der Waals surface area contributed by atoms with Gasteiger partial charge in [-0.05, 0) is 6.42 Å². The second-order valence-corrected chi connectivity index (χ2v) is 2.57. The third-order valence-corrected chi connectivity index (χ3v) is 1.81. The maximum Gasteiger partial charge on any atom is 0.407 e. The van der Waals surface area contributed by atoms with Gasteiger partial charge in [-0.15, -0.1) is 0 Å². The minimum absolute atomic E-state index is 0.101. The topological polar surface area (TPSA) is 60.8 Å². The van der Waals surface area contributed by atoms with Crippen LogP contribution in [0.4, 0.5) is 4.79 Å². The fourth-order valence-corrected chi connectivity index (χ4v) is 1.16. The van der Waals surface area contributed by atoms with Crippen LogP contribution in [0.15, 0.2) is 0 Å². The summed E-state index contributed by atoms with van der Waals surface area (Å²) >= 11 is 0. The van der Waals surface area contributed by atoms with E-state index in [4.69, 9.17) is 10.2 Å². The Morgan fingerprint density at radius 1 is 1.70 bits per heavy atom. The fourth-order valence-electron chi connectivity index (χ4n) is 1.16. The molecule has 2 N–H and O–H groups in total. The van der Waals surface area contributed by atoms with Crippen molar-refractivity contribution in [2.45, 2.75) is 6.42 Å². The second-order valence-electron chi connectivity index (χ2n) is 2.57. The average molecular weight is 145 g/mol. The van der Waals surface area contributed by atoms with E-state index in [9.17, 15) is 4.79 Å². The van der Waals surface area contributed by atoms with Crippen LogP contribution in [0.2, 0.25) is 0 Å². The Labute approximate surface area is 59.1 Å². The molecule has 0 bridgehead atoms. The smallest absolute Gasteiger partial charge is 0.407 e. The molecule has 0 spiro atoms. The first-order valence-corrected chi connectivity index (χ1v) is 3.32. The molecule has 1 fully saturated rings. The Morgan fingerprint density at radius 3 is 2.70 bits per heavy atom. The number of aliphatic hydroxyl groups excluding tert-OH is 1. The number of carbonyl (C=O) groups is 1. The molecule has 0 aromatic heterocycles. The Hall–Kier alpha value is -0.770. The molecule has 1 heterocycles. The van der Waals surface area contributed by atoms with Crippen LogP contribution in [0.5, 0.6) is 0 Å². The Kier molecular flexibility index (Phi) is 2.11. The van der Waals surface area contributed by atoms with E-state index in [0.29, 0.717) is 13.1 Å². The van der Waals surface area contributed by atoms with Gasteiger partial charge in [0, 0.05) is 25.6 Å². The number of carboxylic acid groups (broad SMARTS) is 1. The highest BCUT2D eigenvalue weighted by molar-refractivity contribution is 5.65. The van der Waals surface area contributed by atoms with Crippen LogP contribution >= 0.6 is 0 Å². The van der Waals surface area contributed by atoms with E-state index >= 15 is 0 Å². The van der Waals surface area contributed by atoms with Crippen molar-refractivity contribution >= 4 is 6.09 Å². The van der Waals surface area contributed by atoms with Crippen molar-refractivity contribution in [3.63, 3.8) is 0 Å². The summed E-state index contributed by atoms with van der Waals surface area (Å²) in [5.41, 5.74) is 0. The highest BCUT2D eigenvalue weighted by atomic mass is 16.4. The van der Waals surface area contributed by atoms with E-state index in [-0.39, 0.29) is 12.5 Å². The summed E-state index contributed by atoms with van der Waals surface area (Å²) in [6, 6.07) is 0. The maximum atomic E-state index is 10.3. The zero-order chi connectivity index (χ0) is 7.56. The summed E-state index contributed by atoms with van der Waals surface area (Å²) in [5, 5.41) is 17.1. The molecule has 0 saturated carbocycles. The van der Waals surface area contributed by atoms with Gasteiger partial charge in [-0.25, -0.2) is 4.79 Å². The van der Waals surface area contributed by atoms with Gasteiger partial charge in [0.25, 0.3) is 0 Å². The molecule has 4 nitrogen and oxygen atoms in total. The van der Waals surface area contributed by atoms with Gasteiger partial charge in [0.1, 0.15) is 0 Å². The first-order chi connectivity index (χ1) is 4.74. The summed E-state index contributed by atoms with van der Waals surface area (Å²) in [7, 11) is 0. The van der Waals surface area contributed by atoms with Gasteiger partial charge in [-0.3, -0.25) is 0 Å². The van der Waals surface area contributed by atoms with Gasteiger partial charge in [-0.1, -0.05) is 0 Å². The van der Waals surface area contributed by atoms with Crippen molar-refractivity contribution in [1.29, 1.82) is 0 Å². The standard InChI is InChI=1S/C6H11NO3/c8-4-5-1-2-7(3-5)6(9)10/h5,8H,1-4H2,(H,9,10). The van der Waals surface area contributed by atoms with Crippen molar-refractivity contribution in [3.05, 3.63) is 0 Å². The lowest BCUT2D eigenvalue weighted by atomic mass is 10.1. The van der Waals surface area contributed by atoms with Gasteiger partial charge in [0.15, 0.2) is 0 Å². The lowest BCUT2D eigenvalue weighted by Crippen LogP contribution is -2.27. The molecule has 1 aliphatic heterocycles. The Balaban J connectivity index is 2.35. The first kappa shape index (κ1) is 7.34. The van der Waals surface area contributed by atoms with Crippen molar-refractivity contribution in [1.82, 2.24) is 4.90 Å². The predicted octanol–water partition coefficient (Wildman–Crippen LogP) is -0.0214. The van der Waals surface area contributed by atoms with E-state index in [1.807, 2.05) is 0 Å². The normalized spacial score (nSPS) is 25.3. The largest absolute Gasteiger partial charge is 0.465 e. The van der Waals surface area contributed by atoms with Gasteiger partial charge in [0.2, 0.25) is 0 Å². The average Bonchev–Trinajstić information content (AvgIpc) is 2.34. The van der Waals surface area contributed by atoms with Crippen molar-refractivity contribution in [3.8, 4) is 0 Å². The lowest BCUT2D eigenvalue weighted by molar-refractivity contribution is 0.150. The monoisotopic (exact) mass is 145 g/mol. The van der Waals surface area contributed by atoms with Crippen LogP contribution in [0, 0.1) is 5.92 Å². The number of likely N-dealkylation sites (tertiary alicyclic amines) is 1. The van der Waals surface area contributed by atoms with E-state index < -0.39 is 6.09 Å². The number of amides is 1. The highest BCUT2D eigenvalue weighted by Gasteiger charge is 2.24. The van der Waals surface area contributed by atoms with Crippen molar-refractivity contribution in [2.75, 3.05) is 19.7 Å². The number of hydrogen-bond acceptors (Lipinski definition) is 2. The summed E-state index contributed by atoms with van der Waals surface area (Å²) < 4.78 is 0. The minimum atomic E-state index is -0.879. The van der Waals surface area contributed by atoms with Crippen LogP contribution in [-0.4, -0.2) is 40.9 Å². The van der Waals surface area contributed by atoms with Crippen LogP contribution in [-0.2, 0) is 0 Å². The Bertz CT molecular complexity index is 137. The minimum Gasteiger partial charge on any atom is -0.465 e. The molecular formula is C6H11NO3. The summed E-state index contributed by atoms with van der Waals surface area (Å²) in [5.74, 6) is 0.163. The van der Waals surface area contributed by atoms with Gasteiger partial charge >= 0.3 is 6.09 Å². The molecule has 1 aliphatic rings. The molecule has 1 atom stereocenters. The summed E-state index contributed by atoms with van der Waals surface area (Å²) in [6.07, 6.45) is -0.0843. The number of aliphatic hydroxyl groups is 1. The molecule has 4 heteroatoms. The molecule has 0 aromatic rings. The van der Waals surface area contributed by atoms with Gasteiger partial charge in [-0.2, -0.15) is 0 Å². The predicted molar refractivity (Wildman–Crippen MR) is 34.8 cm³/mol. The lowest BCUT2D eigenvalue weighted by Gasteiger charge is -2.09. The SMILES string of the molecule is O=C(O)N1CCC(CO)C1. The van der Waals surface area contributed by atoms with Crippen molar-refractivity contribution in [2.24, 2.45) is 5.92 Å². The van der Waals surface area contributed by atoms with E-state index in [2.05, 4.69) is 0 Å². The molecule has 1 rings (SSSR count). The van der Waals surface area contributed by atoms with E-state index in [1.54, 1.807) is 0 Å². The first-order valence-electron chi connectivity index (χ1n) is 3.32. The molecule has 10 heavy (non-hydrogen) atoms. The molecule has 0 aliphatic carbocycles. The summed E-state index contributed by atoms with van der Waals surface area (Å²) in [6.45, 7) is 1.16. The molecular weight excluding hydrogens is 134 g/mol. The summed E-state index contributed by atoms with van der Waals surface area (Å²) in [4.78, 5) is 11.6. The van der Waals surface area contributed by atoms with Crippen LogP contribution < -0.4 is 0 Å². The second kappa shape index (κ2) is 2.88. The van der Waals surface area contributed by atoms with Crippen molar-refractivity contribution < 1.29 is 15.0 Å². The van der Waals surface area contributed by atoms with Gasteiger partial charge < -0.3 is 15.1 Å². The number of hydrogen-bond donors (Lipinski definition) is 2. The molecule has 1 saturated heterocycles. The quantitative estimate of drug-likeness (QED) is 0.545. The third kappa shape index (κ3) is 1.39. The van der Waals surface area contributed by atoms with E-state index in [0.717, 1.165) is 6.42 Å². The van der Waals surface area contributed by atoms with Crippen LogP contribution in [0.1, 0.15) is 6.42 Å². The van der Waals surface area contributed by atoms with E-state index in [1.165, 1.54) is 4.90 Å². The van der Waals surface area contributed by atoms with Gasteiger partial charge in [0.05, 0.1) is 0 Å². The number of rotatable bonds is 1. The zero-order valence-electron chi connectivity index (χ0n) is 5.66. The Morgan fingerprint density at radius 2 is 2.40 bits per heavy atom. The zero-order valence-corrected chi connectivity index (χ0v) is 5.66. The number of nitrogens with zero attached hydrogens (tertiary/aromatic N) is 1. The molecule has 0 aromatic carbocycles. The molecule has 1 amide bonds. The molecule has 1 unspecified atom stereocenters. The van der Waals surface area contributed by atoms with Crippen LogP contribution in [0.25, 0.3) is 0 Å². The third-order valence-electron chi connectivity index (χ3n) is 1.81. The maximum absolute atomic E-state index is 10.3.